The number of hydrogen-bond donors (Lipinski definition) is 0. The minimum absolute atomic E-state index is 0.289. The van der Waals surface area contributed by atoms with Gasteiger partial charge in [0.05, 0.1) is 0 Å². The molecule has 0 aromatic heterocycles. The Hall–Kier alpha value is -1.30. The molecule has 0 fully saturated rings. The lowest BCUT2D eigenvalue weighted by Crippen LogP contribution is -2.07. The zero-order chi connectivity index (χ0) is 11.8. The highest BCUT2D eigenvalue weighted by molar-refractivity contribution is 5.80. The zero-order valence-corrected chi connectivity index (χ0v) is 10.7. The fourth-order valence-electron chi connectivity index (χ4n) is 2.16. The van der Waals surface area contributed by atoms with Gasteiger partial charge in [-0.3, -0.25) is 0 Å². The molecule has 0 saturated carbocycles. The molecule has 2 rings (SSSR count). The second-order valence-corrected chi connectivity index (χ2v) is 5.66. The SMILES string of the molecule is CC1=C(c2ccccc2)C=C(C(C)(C)C)C1. The molecule has 0 spiro atoms. The second kappa shape index (κ2) is 3.93. The Morgan fingerprint density at radius 2 is 1.62 bits per heavy atom. The van der Waals surface area contributed by atoms with Gasteiger partial charge >= 0.3 is 0 Å². The van der Waals surface area contributed by atoms with Gasteiger partial charge < -0.3 is 0 Å². The predicted molar refractivity (Wildman–Crippen MR) is 71.2 cm³/mol. The number of hydrogen-bond acceptors (Lipinski definition) is 0. The van der Waals surface area contributed by atoms with E-state index in [9.17, 15) is 0 Å². The Morgan fingerprint density at radius 1 is 1.00 bits per heavy atom. The van der Waals surface area contributed by atoms with E-state index in [1.807, 2.05) is 0 Å². The summed E-state index contributed by atoms with van der Waals surface area (Å²) in [6.07, 6.45) is 3.51. The van der Waals surface area contributed by atoms with Gasteiger partial charge in [0.1, 0.15) is 0 Å². The summed E-state index contributed by atoms with van der Waals surface area (Å²) in [7, 11) is 0. The smallest absolute Gasteiger partial charge is 0.00934 e. The summed E-state index contributed by atoms with van der Waals surface area (Å²) < 4.78 is 0. The first-order valence-corrected chi connectivity index (χ1v) is 5.95. The summed E-state index contributed by atoms with van der Waals surface area (Å²) in [5, 5.41) is 0. The molecule has 0 N–H and O–H groups in total. The van der Waals surface area contributed by atoms with E-state index >= 15 is 0 Å². The van der Waals surface area contributed by atoms with E-state index < -0.39 is 0 Å². The summed E-state index contributed by atoms with van der Waals surface area (Å²) >= 11 is 0. The Morgan fingerprint density at radius 3 is 2.12 bits per heavy atom. The molecule has 1 aromatic rings. The van der Waals surface area contributed by atoms with E-state index in [0.717, 1.165) is 6.42 Å². The van der Waals surface area contributed by atoms with Crippen LogP contribution in [0.3, 0.4) is 0 Å². The lowest BCUT2D eigenvalue weighted by atomic mass is 9.85. The van der Waals surface area contributed by atoms with Crippen molar-refractivity contribution in [3.8, 4) is 0 Å². The van der Waals surface area contributed by atoms with Crippen molar-refractivity contribution in [1.29, 1.82) is 0 Å². The molecule has 0 bridgehead atoms. The van der Waals surface area contributed by atoms with E-state index in [2.05, 4.69) is 64.1 Å². The largest absolute Gasteiger partial charge is 0.0622 e. The molecule has 0 heteroatoms. The first-order valence-electron chi connectivity index (χ1n) is 5.95. The maximum absolute atomic E-state index is 2.38. The summed E-state index contributed by atoms with van der Waals surface area (Å²) in [5.41, 5.74) is 6.10. The van der Waals surface area contributed by atoms with Crippen molar-refractivity contribution in [2.45, 2.75) is 34.1 Å². The predicted octanol–water partition coefficient (Wildman–Crippen LogP) is 4.84. The molecule has 0 saturated heterocycles. The molecule has 0 unspecified atom stereocenters. The van der Waals surface area contributed by atoms with Crippen LogP contribution in [0.5, 0.6) is 0 Å². The van der Waals surface area contributed by atoms with Gasteiger partial charge in [0, 0.05) is 0 Å². The van der Waals surface area contributed by atoms with Crippen LogP contribution in [0, 0.1) is 5.41 Å². The summed E-state index contributed by atoms with van der Waals surface area (Å²) in [6, 6.07) is 10.7. The lowest BCUT2D eigenvalue weighted by molar-refractivity contribution is 0.494. The third kappa shape index (κ3) is 2.11. The van der Waals surface area contributed by atoms with Gasteiger partial charge in [0.25, 0.3) is 0 Å². The number of allylic oxidation sites excluding steroid dienone is 4. The maximum Gasteiger partial charge on any atom is -0.00934 e. The third-order valence-electron chi connectivity index (χ3n) is 3.28. The van der Waals surface area contributed by atoms with E-state index in [0.29, 0.717) is 0 Å². The molecule has 0 heterocycles. The summed E-state index contributed by atoms with van der Waals surface area (Å²) in [5.74, 6) is 0. The molecule has 0 atom stereocenters. The first-order chi connectivity index (χ1) is 7.48. The van der Waals surface area contributed by atoms with Crippen LogP contribution in [0.4, 0.5) is 0 Å². The van der Waals surface area contributed by atoms with Crippen LogP contribution in [-0.4, -0.2) is 0 Å². The molecular weight excluding hydrogens is 192 g/mol. The molecule has 1 aliphatic carbocycles. The molecule has 84 valence electrons. The Bertz CT molecular complexity index is 439. The Kier molecular flexibility index (Phi) is 2.75. The molecule has 0 nitrogen and oxygen atoms in total. The van der Waals surface area contributed by atoms with Crippen molar-refractivity contribution < 1.29 is 0 Å². The normalized spacial score (nSPS) is 16.6. The van der Waals surface area contributed by atoms with Crippen LogP contribution < -0.4 is 0 Å². The highest BCUT2D eigenvalue weighted by Crippen LogP contribution is 2.40. The minimum atomic E-state index is 0.289. The van der Waals surface area contributed by atoms with E-state index in [4.69, 9.17) is 0 Å². The van der Waals surface area contributed by atoms with Crippen LogP contribution in [0.15, 0.2) is 47.6 Å². The van der Waals surface area contributed by atoms with Gasteiger partial charge in [-0.2, -0.15) is 0 Å². The first kappa shape index (κ1) is 11.2. The average Bonchev–Trinajstić information content (AvgIpc) is 2.61. The molecule has 0 aliphatic heterocycles. The van der Waals surface area contributed by atoms with Crippen molar-refractivity contribution in [1.82, 2.24) is 0 Å². The molecule has 1 aliphatic rings. The molecule has 0 radical (unpaired) electrons. The fourth-order valence-corrected chi connectivity index (χ4v) is 2.16. The van der Waals surface area contributed by atoms with E-state index in [-0.39, 0.29) is 5.41 Å². The van der Waals surface area contributed by atoms with Crippen molar-refractivity contribution in [3.63, 3.8) is 0 Å². The minimum Gasteiger partial charge on any atom is -0.0622 e. The average molecular weight is 212 g/mol. The van der Waals surface area contributed by atoms with Gasteiger partial charge in [-0.1, -0.05) is 68.3 Å². The van der Waals surface area contributed by atoms with Crippen molar-refractivity contribution in [3.05, 3.63) is 53.1 Å². The molecular formula is C16H20. The van der Waals surface area contributed by atoms with Gasteiger partial charge in [-0.05, 0) is 29.9 Å². The van der Waals surface area contributed by atoms with Crippen molar-refractivity contribution >= 4 is 5.57 Å². The fraction of sp³-hybridized carbons (Fsp3) is 0.375. The molecule has 0 amide bonds. The van der Waals surface area contributed by atoms with Crippen LogP contribution >= 0.6 is 0 Å². The Labute approximate surface area is 98.7 Å². The van der Waals surface area contributed by atoms with E-state index in [1.54, 1.807) is 5.57 Å². The van der Waals surface area contributed by atoms with Gasteiger partial charge in [0.2, 0.25) is 0 Å². The summed E-state index contributed by atoms with van der Waals surface area (Å²) in [4.78, 5) is 0. The van der Waals surface area contributed by atoms with Crippen LogP contribution in [0.25, 0.3) is 5.57 Å². The monoisotopic (exact) mass is 212 g/mol. The topological polar surface area (TPSA) is 0 Å². The molecule has 16 heavy (non-hydrogen) atoms. The standard InChI is InChI=1S/C16H20/c1-12-10-14(16(2,3)4)11-15(12)13-8-6-5-7-9-13/h5-9,11H,10H2,1-4H3. The highest BCUT2D eigenvalue weighted by atomic mass is 14.3. The van der Waals surface area contributed by atoms with Gasteiger partial charge in [-0.15, -0.1) is 0 Å². The highest BCUT2D eigenvalue weighted by Gasteiger charge is 2.23. The quantitative estimate of drug-likeness (QED) is 0.625. The maximum atomic E-state index is 2.38. The van der Waals surface area contributed by atoms with Gasteiger partial charge in [0.15, 0.2) is 0 Å². The van der Waals surface area contributed by atoms with Crippen LogP contribution in [0.1, 0.15) is 39.7 Å². The number of rotatable bonds is 1. The van der Waals surface area contributed by atoms with E-state index in [1.165, 1.54) is 16.7 Å². The molecule has 1 aromatic carbocycles. The van der Waals surface area contributed by atoms with Crippen LogP contribution in [0.2, 0.25) is 0 Å². The summed E-state index contributed by atoms with van der Waals surface area (Å²) in [6.45, 7) is 9.12. The van der Waals surface area contributed by atoms with Crippen molar-refractivity contribution in [2.24, 2.45) is 5.41 Å². The number of benzene rings is 1. The van der Waals surface area contributed by atoms with Crippen LogP contribution in [-0.2, 0) is 0 Å². The van der Waals surface area contributed by atoms with Crippen molar-refractivity contribution in [2.75, 3.05) is 0 Å². The van der Waals surface area contributed by atoms with Gasteiger partial charge in [-0.25, -0.2) is 0 Å². The zero-order valence-electron chi connectivity index (χ0n) is 10.7. The third-order valence-corrected chi connectivity index (χ3v) is 3.28. The Balaban J connectivity index is 2.36. The lowest BCUT2D eigenvalue weighted by Gasteiger charge is -2.20. The second-order valence-electron chi connectivity index (χ2n) is 5.66.